The average molecular weight is 212 g/mol. The summed E-state index contributed by atoms with van der Waals surface area (Å²) in [4.78, 5) is 10.7. The second-order valence-corrected chi connectivity index (χ2v) is 3.29. The Morgan fingerprint density at radius 1 is 1.29 bits per heavy atom. The molecule has 0 bridgehead atoms. The van der Waals surface area contributed by atoms with Gasteiger partial charge < -0.3 is 9.47 Å². The zero-order chi connectivity index (χ0) is 11.0. The lowest BCUT2D eigenvalue weighted by Crippen LogP contribution is -2.52. The van der Waals surface area contributed by atoms with Gasteiger partial charge in [-0.1, -0.05) is 0 Å². The fraction of sp³-hybridized carbons (Fsp3) is 0.875. The van der Waals surface area contributed by atoms with Crippen molar-refractivity contribution in [3.63, 3.8) is 0 Å². The molecule has 1 saturated carbocycles. The molecule has 82 valence electrons. The van der Waals surface area contributed by atoms with Crippen molar-refractivity contribution in [3.8, 4) is 0 Å². The normalized spacial score (nSPS) is 21.8. The summed E-state index contributed by atoms with van der Waals surface area (Å²) in [6.07, 6.45) is -4.81. The Morgan fingerprint density at radius 3 is 2.00 bits per heavy atom. The lowest BCUT2D eigenvalue weighted by molar-refractivity contribution is -0.272. The van der Waals surface area contributed by atoms with Crippen molar-refractivity contribution < 1.29 is 27.4 Å². The first-order valence-electron chi connectivity index (χ1n) is 4.06. The van der Waals surface area contributed by atoms with Crippen LogP contribution in [0.4, 0.5) is 13.2 Å². The molecule has 0 aliphatic heterocycles. The van der Waals surface area contributed by atoms with Crippen LogP contribution in [-0.4, -0.2) is 32.0 Å². The molecule has 14 heavy (non-hydrogen) atoms. The molecule has 0 aromatic rings. The van der Waals surface area contributed by atoms with Crippen LogP contribution >= 0.6 is 0 Å². The molecule has 0 aromatic carbocycles. The van der Waals surface area contributed by atoms with Gasteiger partial charge in [-0.25, -0.2) is 0 Å². The first kappa shape index (κ1) is 11.5. The van der Waals surface area contributed by atoms with Crippen molar-refractivity contribution in [1.29, 1.82) is 0 Å². The molecular formula is C8H11F3O3. The van der Waals surface area contributed by atoms with E-state index in [1.165, 1.54) is 14.2 Å². The van der Waals surface area contributed by atoms with Gasteiger partial charge in [0, 0.05) is 33.0 Å². The molecule has 6 heteroatoms. The number of rotatable bonds is 3. The highest BCUT2D eigenvalue weighted by Gasteiger charge is 2.55. The third-order valence-corrected chi connectivity index (χ3v) is 2.51. The fourth-order valence-electron chi connectivity index (χ4n) is 1.52. The zero-order valence-electron chi connectivity index (χ0n) is 7.85. The SMILES string of the molecule is COC1(OC)CC(C(=O)C(F)(F)F)C1. The highest BCUT2D eigenvalue weighted by atomic mass is 19.4. The molecule has 1 rings (SSSR count). The van der Waals surface area contributed by atoms with Gasteiger partial charge in [-0.05, 0) is 0 Å². The van der Waals surface area contributed by atoms with Gasteiger partial charge in [0.1, 0.15) is 0 Å². The quantitative estimate of drug-likeness (QED) is 0.665. The monoisotopic (exact) mass is 212 g/mol. The Kier molecular flexibility index (Phi) is 2.87. The summed E-state index contributed by atoms with van der Waals surface area (Å²) in [5.41, 5.74) is 0. The third-order valence-electron chi connectivity index (χ3n) is 2.51. The maximum atomic E-state index is 11.9. The maximum Gasteiger partial charge on any atom is 0.450 e. The van der Waals surface area contributed by atoms with E-state index < -0.39 is 23.7 Å². The molecular weight excluding hydrogens is 201 g/mol. The number of Topliss-reactive ketones (excluding diaryl/α,β-unsaturated/α-hetero) is 1. The summed E-state index contributed by atoms with van der Waals surface area (Å²) in [5.74, 6) is -3.71. The number of hydrogen-bond donors (Lipinski definition) is 0. The molecule has 0 atom stereocenters. The van der Waals surface area contributed by atoms with Gasteiger partial charge in [-0.15, -0.1) is 0 Å². The van der Waals surface area contributed by atoms with E-state index >= 15 is 0 Å². The topological polar surface area (TPSA) is 35.5 Å². The molecule has 3 nitrogen and oxygen atoms in total. The number of hydrogen-bond acceptors (Lipinski definition) is 3. The first-order valence-corrected chi connectivity index (χ1v) is 4.06. The molecule has 1 fully saturated rings. The summed E-state index contributed by atoms with van der Waals surface area (Å²) in [5, 5.41) is 0. The number of methoxy groups -OCH3 is 2. The lowest BCUT2D eigenvalue weighted by atomic mass is 9.76. The van der Waals surface area contributed by atoms with E-state index in [0.717, 1.165) is 0 Å². The van der Waals surface area contributed by atoms with Crippen LogP contribution in [0.2, 0.25) is 0 Å². The van der Waals surface area contributed by atoms with Crippen LogP contribution in [0.15, 0.2) is 0 Å². The lowest BCUT2D eigenvalue weighted by Gasteiger charge is -2.44. The van der Waals surface area contributed by atoms with Crippen molar-refractivity contribution in [1.82, 2.24) is 0 Å². The predicted octanol–water partition coefficient (Wildman–Crippen LogP) is 1.52. The Morgan fingerprint density at radius 2 is 1.71 bits per heavy atom. The molecule has 0 radical (unpaired) electrons. The summed E-state index contributed by atoms with van der Waals surface area (Å²) in [6, 6.07) is 0. The number of ether oxygens (including phenoxy) is 2. The average Bonchev–Trinajstić information content (AvgIpc) is 2.02. The number of alkyl halides is 3. The van der Waals surface area contributed by atoms with E-state index in [2.05, 4.69) is 0 Å². The Bertz CT molecular complexity index is 224. The Hall–Kier alpha value is -0.620. The number of carbonyl (C=O) groups excluding carboxylic acids is 1. The van der Waals surface area contributed by atoms with E-state index in [1.54, 1.807) is 0 Å². The van der Waals surface area contributed by atoms with Crippen molar-refractivity contribution in [3.05, 3.63) is 0 Å². The number of carbonyl (C=O) groups is 1. The summed E-state index contributed by atoms with van der Waals surface area (Å²) >= 11 is 0. The summed E-state index contributed by atoms with van der Waals surface area (Å²) in [7, 11) is 2.69. The smallest absolute Gasteiger partial charge is 0.353 e. The molecule has 1 aliphatic carbocycles. The van der Waals surface area contributed by atoms with Gasteiger partial charge in [-0.2, -0.15) is 13.2 Å². The standard InChI is InChI=1S/C8H11F3O3/c1-13-7(14-2)3-5(4-7)6(12)8(9,10)11/h5H,3-4H2,1-2H3. The molecule has 0 unspecified atom stereocenters. The second kappa shape index (κ2) is 3.51. The minimum Gasteiger partial charge on any atom is -0.353 e. The highest BCUT2D eigenvalue weighted by molar-refractivity contribution is 5.87. The third kappa shape index (κ3) is 1.90. The number of halogens is 3. The van der Waals surface area contributed by atoms with Gasteiger partial charge in [0.2, 0.25) is 5.78 Å². The molecule has 0 heterocycles. The van der Waals surface area contributed by atoms with Crippen molar-refractivity contribution in [2.24, 2.45) is 5.92 Å². The van der Waals surface area contributed by atoms with E-state index in [-0.39, 0.29) is 12.8 Å². The number of ketones is 1. The molecule has 0 N–H and O–H groups in total. The van der Waals surface area contributed by atoms with Gasteiger partial charge in [0.05, 0.1) is 0 Å². The van der Waals surface area contributed by atoms with Crippen LogP contribution in [0, 0.1) is 5.92 Å². The van der Waals surface area contributed by atoms with Crippen LogP contribution in [-0.2, 0) is 14.3 Å². The van der Waals surface area contributed by atoms with Gasteiger partial charge in [0.15, 0.2) is 5.79 Å². The van der Waals surface area contributed by atoms with Crippen molar-refractivity contribution >= 4 is 5.78 Å². The van der Waals surface area contributed by atoms with E-state index in [0.29, 0.717) is 0 Å². The van der Waals surface area contributed by atoms with E-state index in [1.807, 2.05) is 0 Å². The zero-order valence-corrected chi connectivity index (χ0v) is 7.85. The van der Waals surface area contributed by atoms with Gasteiger partial charge >= 0.3 is 6.18 Å². The van der Waals surface area contributed by atoms with Crippen LogP contribution in [0.5, 0.6) is 0 Å². The highest BCUT2D eigenvalue weighted by Crippen LogP contribution is 2.44. The Balaban J connectivity index is 2.52. The van der Waals surface area contributed by atoms with Crippen molar-refractivity contribution in [2.75, 3.05) is 14.2 Å². The van der Waals surface area contributed by atoms with Crippen LogP contribution < -0.4 is 0 Å². The van der Waals surface area contributed by atoms with Gasteiger partial charge in [-0.3, -0.25) is 4.79 Å². The molecule has 0 spiro atoms. The molecule has 0 saturated heterocycles. The van der Waals surface area contributed by atoms with Crippen LogP contribution in [0.3, 0.4) is 0 Å². The van der Waals surface area contributed by atoms with E-state index in [9.17, 15) is 18.0 Å². The molecule has 0 amide bonds. The summed E-state index contributed by atoms with van der Waals surface area (Å²) < 4.78 is 45.6. The second-order valence-electron chi connectivity index (χ2n) is 3.29. The van der Waals surface area contributed by atoms with Crippen LogP contribution in [0.25, 0.3) is 0 Å². The largest absolute Gasteiger partial charge is 0.450 e. The van der Waals surface area contributed by atoms with Gasteiger partial charge in [0.25, 0.3) is 0 Å². The fourth-order valence-corrected chi connectivity index (χ4v) is 1.52. The minimum atomic E-state index is -4.75. The molecule has 0 aromatic heterocycles. The maximum absolute atomic E-state index is 11.9. The first-order chi connectivity index (χ1) is 6.34. The Labute approximate surface area is 79.2 Å². The molecule has 1 aliphatic rings. The van der Waals surface area contributed by atoms with Crippen molar-refractivity contribution in [2.45, 2.75) is 24.8 Å². The minimum absolute atomic E-state index is 0.0294. The summed E-state index contributed by atoms with van der Waals surface area (Å²) in [6.45, 7) is 0. The van der Waals surface area contributed by atoms with Crippen LogP contribution in [0.1, 0.15) is 12.8 Å². The predicted molar refractivity (Wildman–Crippen MR) is 40.5 cm³/mol. The van der Waals surface area contributed by atoms with E-state index in [4.69, 9.17) is 9.47 Å².